The molecule has 6 nitrogen and oxygen atoms in total. The van der Waals surface area contributed by atoms with Gasteiger partial charge in [0, 0.05) is 25.2 Å². The maximum absolute atomic E-state index is 13.2. The van der Waals surface area contributed by atoms with E-state index in [-0.39, 0.29) is 4.90 Å². The van der Waals surface area contributed by atoms with Crippen molar-refractivity contribution in [2.24, 2.45) is 0 Å². The SMILES string of the molecule is COCn1c(C)cc2cccc(N(C)S(=O)(=O)c3ccccc3OC)c21. The maximum atomic E-state index is 13.2. The maximum Gasteiger partial charge on any atom is 0.267 e. The third-order valence-corrected chi connectivity index (χ3v) is 6.22. The Morgan fingerprint density at radius 3 is 2.50 bits per heavy atom. The van der Waals surface area contributed by atoms with Gasteiger partial charge in [-0.15, -0.1) is 0 Å². The molecule has 0 unspecified atom stereocenters. The average molecular weight is 374 g/mol. The number of hydrogen-bond acceptors (Lipinski definition) is 4. The minimum atomic E-state index is -3.79. The third kappa shape index (κ3) is 2.93. The smallest absolute Gasteiger partial charge is 0.267 e. The molecule has 0 bridgehead atoms. The number of ether oxygens (including phenoxy) is 2. The molecule has 0 amide bonds. The summed E-state index contributed by atoms with van der Waals surface area (Å²) in [4.78, 5) is 0.128. The summed E-state index contributed by atoms with van der Waals surface area (Å²) in [7, 11) is 0.832. The first kappa shape index (κ1) is 18.3. The summed E-state index contributed by atoms with van der Waals surface area (Å²) in [6.45, 7) is 2.31. The number of hydrogen-bond donors (Lipinski definition) is 0. The van der Waals surface area contributed by atoms with Gasteiger partial charge in [0.1, 0.15) is 17.4 Å². The van der Waals surface area contributed by atoms with Crippen molar-refractivity contribution in [2.75, 3.05) is 25.6 Å². The van der Waals surface area contributed by atoms with Crippen molar-refractivity contribution in [3.8, 4) is 5.75 Å². The fourth-order valence-electron chi connectivity index (χ4n) is 3.10. The second-order valence-electron chi connectivity index (χ2n) is 5.97. The van der Waals surface area contributed by atoms with Gasteiger partial charge in [0.05, 0.1) is 18.3 Å². The van der Waals surface area contributed by atoms with Crippen LogP contribution in [-0.4, -0.2) is 34.3 Å². The van der Waals surface area contributed by atoms with E-state index in [4.69, 9.17) is 9.47 Å². The van der Waals surface area contributed by atoms with E-state index in [2.05, 4.69) is 0 Å². The molecule has 0 fully saturated rings. The highest BCUT2D eigenvalue weighted by Crippen LogP contribution is 2.34. The van der Waals surface area contributed by atoms with E-state index in [0.29, 0.717) is 18.2 Å². The summed E-state index contributed by atoms with van der Waals surface area (Å²) in [6.07, 6.45) is 0. The van der Waals surface area contributed by atoms with Crippen molar-refractivity contribution in [1.82, 2.24) is 4.57 Å². The van der Waals surface area contributed by atoms with Gasteiger partial charge in [0.25, 0.3) is 10.0 Å². The molecule has 138 valence electrons. The number of benzene rings is 2. The fraction of sp³-hybridized carbons (Fsp3) is 0.263. The number of para-hydroxylation sites is 2. The first-order chi connectivity index (χ1) is 12.4. The number of sulfonamides is 1. The minimum Gasteiger partial charge on any atom is -0.495 e. The number of methoxy groups -OCH3 is 2. The average Bonchev–Trinajstić information content (AvgIpc) is 2.97. The zero-order valence-electron chi connectivity index (χ0n) is 15.3. The van der Waals surface area contributed by atoms with Crippen molar-refractivity contribution in [3.05, 3.63) is 54.2 Å². The minimum absolute atomic E-state index is 0.128. The van der Waals surface area contributed by atoms with Crippen LogP contribution in [0, 0.1) is 6.92 Å². The molecule has 2 aromatic carbocycles. The summed E-state index contributed by atoms with van der Waals surface area (Å²) >= 11 is 0. The van der Waals surface area contributed by atoms with E-state index < -0.39 is 10.0 Å². The fourth-order valence-corrected chi connectivity index (χ4v) is 4.45. The van der Waals surface area contributed by atoms with E-state index >= 15 is 0 Å². The van der Waals surface area contributed by atoms with Crippen LogP contribution in [0.4, 0.5) is 5.69 Å². The normalized spacial score (nSPS) is 11.7. The molecule has 0 N–H and O–H groups in total. The Balaban J connectivity index is 2.20. The van der Waals surface area contributed by atoms with Crippen LogP contribution in [0.2, 0.25) is 0 Å². The van der Waals surface area contributed by atoms with Gasteiger partial charge in [-0.25, -0.2) is 8.42 Å². The highest BCUT2D eigenvalue weighted by atomic mass is 32.2. The molecule has 26 heavy (non-hydrogen) atoms. The van der Waals surface area contributed by atoms with Crippen LogP contribution in [-0.2, 0) is 21.5 Å². The van der Waals surface area contributed by atoms with Crippen LogP contribution in [0.3, 0.4) is 0 Å². The molecule has 7 heteroatoms. The molecule has 0 aliphatic carbocycles. The zero-order valence-corrected chi connectivity index (χ0v) is 16.1. The first-order valence-corrected chi connectivity index (χ1v) is 9.55. The van der Waals surface area contributed by atoms with Crippen molar-refractivity contribution < 1.29 is 17.9 Å². The van der Waals surface area contributed by atoms with E-state index in [9.17, 15) is 8.42 Å². The molecule has 3 rings (SSSR count). The largest absolute Gasteiger partial charge is 0.495 e. The van der Waals surface area contributed by atoms with E-state index in [1.807, 2.05) is 29.7 Å². The predicted molar refractivity (Wildman–Crippen MR) is 102 cm³/mol. The van der Waals surface area contributed by atoms with Crippen molar-refractivity contribution in [2.45, 2.75) is 18.6 Å². The van der Waals surface area contributed by atoms with Gasteiger partial charge in [-0.05, 0) is 31.2 Å². The molecule has 0 spiro atoms. The van der Waals surface area contributed by atoms with Gasteiger partial charge >= 0.3 is 0 Å². The monoisotopic (exact) mass is 374 g/mol. The number of anilines is 1. The number of aromatic nitrogens is 1. The Bertz CT molecular complexity index is 1040. The number of nitrogens with zero attached hydrogens (tertiary/aromatic N) is 2. The molecule has 0 saturated carbocycles. The molecule has 1 heterocycles. The molecule has 0 radical (unpaired) electrons. The van der Waals surface area contributed by atoms with Gasteiger partial charge in [-0.3, -0.25) is 4.31 Å². The van der Waals surface area contributed by atoms with E-state index in [0.717, 1.165) is 16.6 Å². The predicted octanol–water partition coefficient (Wildman–Crippen LogP) is 3.39. The number of aryl methyl sites for hydroxylation is 1. The standard InChI is InChI=1S/C19H22N2O4S/c1-14-12-15-8-7-9-16(19(15)21(14)13-24-3)20(2)26(22,23)18-11-6-5-10-17(18)25-4/h5-12H,13H2,1-4H3. The molecule has 0 aliphatic heterocycles. The van der Waals surface area contributed by atoms with E-state index in [1.54, 1.807) is 44.5 Å². The van der Waals surface area contributed by atoms with Crippen LogP contribution in [0.25, 0.3) is 10.9 Å². The van der Waals surface area contributed by atoms with Crippen LogP contribution < -0.4 is 9.04 Å². The van der Waals surface area contributed by atoms with Crippen LogP contribution in [0.15, 0.2) is 53.4 Å². The highest BCUT2D eigenvalue weighted by Gasteiger charge is 2.27. The van der Waals surface area contributed by atoms with Gasteiger partial charge in [0.2, 0.25) is 0 Å². The van der Waals surface area contributed by atoms with Gasteiger partial charge in [-0.2, -0.15) is 0 Å². The van der Waals surface area contributed by atoms with Gasteiger partial charge < -0.3 is 14.0 Å². The Labute approximate surface area is 153 Å². The third-order valence-electron chi connectivity index (χ3n) is 4.41. The molecule has 3 aromatic rings. The second-order valence-corrected chi connectivity index (χ2v) is 7.91. The van der Waals surface area contributed by atoms with Crippen LogP contribution in [0.5, 0.6) is 5.75 Å². The van der Waals surface area contributed by atoms with E-state index in [1.165, 1.54) is 11.4 Å². The lowest BCUT2D eigenvalue weighted by Crippen LogP contribution is -2.27. The Hall–Kier alpha value is -2.51. The van der Waals surface area contributed by atoms with Gasteiger partial charge in [-0.1, -0.05) is 24.3 Å². The van der Waals surface area contributed by atoms with Crippen molar-refractivity contribution >= 4 is 26.6 Å². The summed E-state index contributed by atoms with van der Waals surface area (Å²) in [5.41, 5.74) is 2.39. The Kier molecular flexibility index (Phi) is 4.93. The Morgan fingerprint density at radius 2 is 1.81 bits per heavy atom. The summed E-state index contributed by atoms with van der Waals surface area (Å²) in [5.74, 6) is 0.315. The topological polar surface area (TPSA) is 60.8 Å². The molecular weight excluding hydrogens is 352 g/mol. The Morgan fingerprint density at radius 1 is 1.08 bits per heavy atom. The zero-order chi connectivity index (χ0) is 18.9. The molecular formula is C19H22N2O4S. The van der Waals surface area contributed by atoms with Crippen molar-refractivity contribution in [1.29, 1.82) is 0 Å². The molecule has 0 saturated heterocycles. The van der Waals surface area contributed by atoms with Crippen LogP contribution >= 0.6 is 0 Å². The second kappa shape index (κ2) is 7.01. The first-order valence-electron chi connectivity index (χ1n) is 8.11. The summed E-state index contributed by atoms with van der Waals surface area (Å²) < 4.78 is 40.3. The summed E-state index contributed by atoms with van der Waals surface area (Å²) in [6, 6.07) is 14.2. The quantitative estimate of drug-likeness (QED) is 0.664. The molecule has 0 aliphatic rings. The summed E-state index contributed by atoms with van der Waals surface area (Å²) in [5, 5.41) is 0.958. The highest BCUT2D eigenvalue weighted by molar-refractivity contribution is 7.93. The lowest BCUT2D eigenvalue weighted by Gasteiger charge is -2.22. The lowest BCUT2D eigenvalue weighted by atomic mass is 10.2. The lowest BCUT2D eigenvalue weighted by molar-refractivity contribution is 0.133. The van der Waals surface area contributed by atoms with Crippen LogP contribution in [0.1, 0.15) is 5.69 Å². The molecule has 1 aromatic heterocycles. The molecule has 0 atom stereocenters. The van der Waals surface area contributed by atoms with Crippen molar-refractivity contribution in [3.63, 3.8) is 0 Å². The number of fused-ring (bicyclic) bond motifs is 1. The number of rotatable bonds is 6. The van der Waals surface area contributed by atoms with Gasteiger partial charge in [0.15, 0.2) is 0 Å².